The average Bonchev–Trinajstić information content (AvgIpc) is 3.04. The number of urea groups is 1. The molecule has 0 atom stereocenters. The molecular weight excluding hydrogens is 594 g/mol. The van der Waals surface area contributed by atoms with E-state index in [0.29, 0.717) is 64.9 Å². The minimum absolute atomic E-state index is 0.0281. The van der Waals surface area contributed by atoms with Crippen LogP contribution in [0, 0.1) is 10.1 Å². The second kappa shape index (κ2) is 15.4. The zero-order chi connectivity index (χ0) is 33.2. The molecule has 1 N–H and O–H groups in total. The SMILES string of the molecule is C=CCc1cc(/C=C2\C(=O)NC(=O)N(Cc3ccc(OCCC)c(OC)c3)C2=O)cc(OCC)c1OCc1ccc([N+](=O)[O-])cc1. The lowest BCUT2D eigenvalue weighted by Crippen LogP contribution is -2.53. The van der Waals surface area contributed by atoms with Gasteiger partial charge in [-0.2, -0.15) is 0 Å². The van der Waals surface area contributed by atoms with Gasteiger partial charge in [-0.25, -0.2) is 4.79 Å². The topological polar surface area (TPSA) is 147 Å². The highest BCUT2D eigenvalue weighted by molar-refractivity contribution is 6.31. The molecule has 4 rings (SSSR count). The minimum atomic E-state index is -0.838. The third kappa shape index (κ3) is 7.89. The molecule has 0 unspecified atom stereocenters. The molecule has 0 saturated carbocycles. The van der Waals surface area contributed by atoms with Crippen molar-refractivity contribution < 1.29 is 38.3 Å². The molecule has 3 aromatic rings. The smallest absolute Gasteiger partial charge is 0.331 e. The molecule has 240 valence electrons. The van der Waals surface area contributed by atoms with Gasteiger partial charge in [-0.1, -0.05) is 19.1 Å². The van der Waals surface area contributed by atoms with Gasteiger partial charge in [0.15, 0.2) is 23.0 Å². The van der Waals surface area contributed by atoms with Crippen molar-refractivity contribution in [2.45, 2.75) is 39.8 Å². The summed E-state index contributed by atoms with van der Waals surface area (Å²) in [5.41, 5.74) is 2.18. The number of benzene rings is 3. The van der Waals surface area contributed by atoms with Crippen molar-refractivity contribution in [3.8, 4) is 23.0 Å². The highest BCUT2D eigenvalue weighted by Crippen LogP contribution is 2.36. The van der Waals surface area contributed by atoms with Crippen LogP contribution < -0.4 is 24.3 Å². The van der Waals surface area contributed by atoms with Crippen molar-refractivity contribution in [1.82, 2.24) is 10.2 Å². The molecule has 1 heterocycles. The number of amides is 4. The van der Waals surface area contributed by atoms with Crippen LogP contribution in [0.4, 0.5) is 10.5 Å². The molecule has 1 fully saturated rings. The third-order valence-electron chi connectivity index (χ3n) is 6.88. The summed E-state index contributed by atoms with van der Waals surface area (Å²) in [6, 6.07) is 13.7. The number of methoxy groups -OCH3 is 1. The van der Waals surface area contributed by atoms with Crippen LogP contribution in [-0.2, 0) is 29.2 Å². The number of nitro groups is 1. The van der Waals surface area contributed by atoms with Gasteiger partial charge in [-0.05, 0) is 78.9 Å². The number of barbiturate groups is 1. The van der Waals surface area contributed by atoms with Gasteiger partial charge in [0, 0.05) is 17.7 Å². The number of hydrogen-bond donors (Lipinski definition) is 1. The lowest BCUT2D eigenvalue weighted by atomic mass is 10.0. The zero-order valence-corrected chi connectivity index (χ0v) is 25.9. The Morgan fingerprint density at radius 1 is 0.935 bits per heavy atom. The van der Waals surface area contributed by atoms with Crippen LogP contribution in [0.1, 0.15) is 42.5 Å². The fourth-order valence-corrected chi connectivity index (χ4v) is 4.70. The van der Waals surface area contributed by atoms with E-state index in [-0.39, 0.29) is 24.4 Å². The number of imide groups is 2. The predicted molar refractivity (Wildman–Crippen MR) is 170 cm³/mol. The number of nitrogens with zero attached hydrogens (tertiary/aromatic N) is 2. The van der Waals surface area contributed by atoms with Crippen LogP contribution in [-0.4, -0.2) is 48.0 Å². The van der Waals surface area contributed by atoms with E-state index in [9.17, 15) is 24.5 Å². The number of non-ortho nitro benzene ring substituents is 1. The Kier molecular flexibility index (Phi) is 11.1. The molecule has 0 radical (unpaired) electrons. The van der Waals surface area contributed by atoms with Gasteiger partial charge in [0.25, 0.3) is 17.5 Å². The van der Waals surface area contributed by atoms with Crippen LogP contribution in [0.25, 0.3) is 6.08 Å². The summed E-state index contributed by atoms with van der Waals surface area (Å²) in [5, 5.41) is 13.2. The number of rotatable bonds is 15. The fourth-order valence-electron chi connectivity index (χ4n) is 4.70. The van der Waals surface area contributed by atoms with Gasteiger partial charge in [0.05, 0.1) is 31.8 Å². The molecule has 4 amide bonds. The van der Waals surface area contributed by atoms with E-state index in [2.05, 4.69) is 11.9 Å². The number of carbonyl (C=O) groups is 3. The summed E-state index contributed by atoms with van der Waals surface area (Å²) in [5.74, 6) is 0.203. The Balaban J connectivity index is 1.63. The zero-order valence-electron chi connectivity index (χ0n) is 25.9. The second-order valence-electron chi connectivity index (χ2n) is 10.2. The average molecular weight is 630 g/mol. The molecule has 3 aromatic carbocycles. The van der Waals surface area contributed by atoms with Crippen molar-refractivity contribution in [2.75, 3.05) is 20.3 Å². The number of allylic oxidation sites excluding steroid dienone is 1. The van der Waals surface area contributed by atoms with E-state index < -0.39 is 22.8 Å². The minimum Gasteiger partial charge on any atom is -0.493 e. The molecule has 1 aliphatic heterocycles. The van der Waals surface area contributed by atoms with Crippen molar-refractivity contribution in [3.05, 3.63) is 105 Å². The normalized spacial score (nSPS) is 13.8. The van der Waals surface area contributed by atoms with E-state index >= 15 is 0 Å². The summed E-state index contributed by atoms with van der Waals surface area (Å²) >= 11 is 0. The lowest BCUT2D eigenvalue weighted by molar-refractivity contribution is -0.384. The van der Waals surface area contributed by atoms with Gasteiger partial charge in [-0.3, -0.25) is 29.9 Å². The summed E-state index contributed by atoms with van der Waals surface area (Å²) < 4.78 is 23.1. The third-order valence-corrected chi connectivity index (χ3v) is 6.88. The summed E-state index contributed by atoms with van der Waals surface area (Å²) in [4.78, 5) is 50.6. The second-order valence-corrected chi connectivity index (χ2v) is 10.2. The predicted octanol–water partition coefficient (Wildman–Crippen LogP) is 5.76. The Hall–Kier alpha value is -5.65. The largest absolute Gasteiger partial charge is 0.493 e. The summed E-state index contributed by atoms with van der Waals surface area (Å²) in [7, 11) is 1.50. The maximum absolute atomic E-state index is 13.5. The molecule has 0 bridgehead atoms. The van der Waals surface area contributed by atoms with Crippen molar-refractivity contribution in [3.63, 3.8) is 0 Å². The molecule has 12 heteroatoms. The van der Waals surface area contributed by atoms with E-state index in [1.54, 1.807) is 55.5 Å². The maximum Gasteiger partial charge on any atom is 0.331 e. The van der Waals surface area contributed by atoms with E-state index in [0.717, 1.165) is 11.3 Å². The van der Waals surface area contributed by atoms with E-state index in [1.165, 1.54) is 25.3 Å². The molecule has 46 heavy (non-hydrogen) atoms. The Morgan fingerprint density at radius 2 is 1.67 bits per heavy atom. The maximum atomic E-state index is 13.5. The van der Waals surface area contributed by atoms with E-state index in [1.807, 2.05) is 6.92 Å². The first-order valence-electron chi connectivity index (χ1n) is 14.6. The van der Waals surface area contributed by atoms with Crippen LogP contribution in [0.15, 0.2) is 72.8 Å². The van der Waals surface area contributed by atoms with Gasteiger partial charge in [0.2, 0.25) is 0 Å². The molecule has 1 aliphatic rings. The number of carbonyl (C=O) groups excluding carboxylic acids is 3. The van der Waals surface area contributed by atoms with Gasteiger partial charge in [0.1, 0.15) is 12.2 Å². The molecule has 0 aromatic heterocycles. The monoisotopic (exact) mass is 629 g/mol. The number of nitrogens with one attached hydrogen (secondary N) is 1. The summed E-state index contributed by atoms with van der Waals surface area (Å²) in [6.07, 6.45) is 4.26. The van der Waals surface area contributed by atoms with Gasteiger partial charge >= 0.3 is 6.03 Å². The molecule has 12 nitrogen and oxygen atoms in total. The van der Waals surface area contributed by atoms with Gasteiger partial charge in [-0.15, -0.1) is 6.58 Å². The first-order valence-corrected chi connectivity index (χ1v) is 14.6. The van der Waals surface area contributed by atoms with Crippen LogP contribution in [0.3, 0.4) is 0 Å². The fraction of sp³-hybridized carbons (Fsp3) is 0.265. The van der Waals surface area contributed by atoms with Gasteiger partial charge < -0.3 is 18.9 Å². The quantitative estimate of drug-likeness (QED) is 0.0729. The standard InChI is InChI=1S/C34H35N3O9/c1-5-8-25-16-24(19-30(44-7-3)31(25)46-21-22-9-12-26(13-10-22)37(41)42)17-27-32(38)35-34(40)36(33(27)39)20-23-11-14-28(45-15-6-2)29(18-23)43-4/h5,9-14,16-19H,1,6-8,15,20-21H2,2-4H3,(H,35,38,40)/b27-17+. The number of ether oxygens (including phenoxy) is 4. The van der Waals surface area contributed by atoms with Crippen molar-refractivity contribution >= 4 is 29.6 Å². The number of hydrogen-bond acceptors (Lipinski definition) is 9. The lowest BCUT2D eigenvalue weighted by Gasteiger charge is -2.26. The Labute approximate surface area is 266 Å². The Bertz CT molecular complexity index is 1670. The molecular formula is C34H35N3O9. The van der Waals surface area contributed by atoms with Crippen LogP contribution in [0.5, 0.6) is 23.0 Å². The molecule has 1 saturated heterocycles. The highest BCUT2D eigenvalue weighted by atomic mass is 16.6. The molecule has 0 aliphatic carbocycles. The number of nitro benzene ring substituents is 1. The van der Waals surface area contributed by atoms with Crippen molar-refractivity contribution in [1.29, 1.82) is 0 Å². The first-order chi connectivity index (χ1) is 22.2. The molecule has 0 spiro atoms. The first kappa shape index (κ1) is 33.2. The van der Waals surface area contributed by atoms with Crippen LogP contribution >= 0.6 is 0 Å². The van der Waals surface area contributed by atoms with E-state index in [4.69, 9.17) is 18.9 Å². The van der Waals surface area contributed by atoms with Crippen molar-refractivity contribution in [2.24, 2.45) is 0 Å². The highest BCUT2D eigenvalue weighted by Gasteiger charge is 2.36. The van der Waals surface area contributed by atoms with Crippen LogP contribution in [0.2, 0.25) is 0 Å². The summed E-state index contributed by atoms with van der Waals surface area (Å²) in [6.45, 7) is 8.41. The Morgan fingerprint density at radius 3 is 2.33 bits per heavy atom.